The van der Waals surface area contributed by atoms with Crippen LogP contribution in [0.4, 0.5) is 18.9 Å². The Morgan fingerprint density at radius 2 is 1.31 bits per heavy atom. The molecule has 9 heteroatoms. The van der Waals surface area contributed by atoms with Crippen LogP contribution in [0.25, 0.3) is 0 Å². The van der Waals surface area contributed by atoms with Crippen molar-refractivity contribution in [3.05, 3.63) is 125 Å². The molecule has 2 N–H and O–H groups in total. The Hall–Kier alpha value is -4.66. The van der Waals surface area contributed by atoms with Crippen molar-refractivity contribution in [2.24, 2.45) is 4.99 Å². The molecule has 252 valence electrons. The summed E-state index contributed by atoms with van der Waals surface area (Å²) in [6.07, 6.45) is 4.14. The summed E-state index contributed by atoms with van der Waals surface area (Å²) in [7, 11) is 3.18. The number of halogens is 3. The van der Waals surface area contributed by atoms with Crippen molar-refractivity contribution in [1.82, 2.24) is 5.32 Å². The summed E-state index contributed by atoms with van der Waals surface area (Å²) >= 11 is 0. The minimum Gasteiger partial charge on any atom is -0.497 e. The van der Waals surface area contributed by atoms with Gasteiger partial charge in [0.2, 0.25) is 5.60 Å². The number of hydrogen-bond donors (Lipinski definition) is 2. The monoisotopic (exact) mass is 657 g/mol. The summed E-state index contributed by atoms with van der Waals surface area (Å²) in [4.78, 5) is 4.50. The molecule has 1 aliphatic heterocycles. The first-order valence-electron chi connectivity index (χ1n) is 16.3. The van der Waals surface area contributed by atoms with E-state index in [-0.39, 0.29) is 17.6 Å². The molecule has 1 aliphatic carbocycles. The van der Waals surface area contributed by atoms with Crippen LogP contribution >= 0.6 is 0 Å². The lowest BCUT2D eigenvalue weighted by Gasteiger charge is -2.49. The average Bonchev–Trinajstić information content (AvgIpc) is 3.61. The first-order chi connectivity index (χ1) is 22.9. The zero-order valence-corrected chi connectivity index (χ0v) is 27.9. The summed E-state index contributed by atoms with van der Waals surface area (Å²) in [5.74, 6) is -3.10. The van der Waals surface area contributed by atoms with Crippen molar-refractivity contribution in [3.8, 4) is 11.5 Å². The van der Waals surface area contributed by atoms with Gasteiger partial charge in [0, 0.05) is 17.3 Å². The SMILES string of the molecule is COc1ccc(C(NC2=NC(C)(C)C(F)(F)[C@@](C)(c3cc(NC4CCCC4)ccc3F)O2)(c2ccccc2)c2ccc(OC)cc2)cc1. The summed E-state index contributed by atoms with van der Waals surface area (Å²) in [6, 6.07) is 28.9. The van der Waals surface area contributed by atoms with Gasteiger partial charge in [-0.05, 0) is 92.8 Å². The number of nitrogens with one attached hydrogen (secondary N) is 2. The minimum atomic E-state index is -3.62. The maximum absolute atomic E-state index is 16.7. The highest BCUT2D eigenvalue weighted by molar-refractivity contribution is 5.79. The number of alkyl halides is 2. The highest BCUT2D eigenvalue weighted by atomic mass is 19.3. The van der Waals surface area contributed by atoms with Crippen LogP contribution in [0.5, 0.6) is 11.5 Å². The van der Waals surface area contributed by atoms with E-state index in [4.69, 9.17) is 14.2 Å². The number of hydrogen-bond acceptors (Lipinski definition) is 6. The number of anilines is 1. The maximum Gasteiger partial charge on any atom is 0.315 e. The molecule has 0 spiro atoms. The number of nitrogens with zero attached hydrogens (tertiary/aromatic N) is 1. The summed E-state index contributed by atoms with van der Waals surface area (Å²) in [5, 5.41) is 6.89. The van der Waals surface area contributed by atoms with Gasteiger partial charge in [-0.25, -0.2) is 9.38 Å². The number of aliphatic imine (C=N–C) groups is 1. The molecule has 4 aromatic rings. The highest BCUT2D eigenvalue weighted by Gasteiger charge is 2.67. The smallest absolute Gasteiger partial charge is 0.315 e. The molecule has 2 aliphatic rings. The number of benzene rings is 4. The van der Waals surface area contributed by atoms with Crippen LogP contribution < -0.4 is 20.1 Å². The lowest BCUT2D eigenvalue weighted by atomic mass is 9.76. The highest BCUT2D eigenvalue weighted by Crippen LogP contribution is 2.53. The lowest BCUT2D eigenvalue weighted by Crippen LogP contribution is -2.64. The van der Waals surface area contributed by atoms with Gasteiger partial charge in [-0.1, -0.05) is 67.4 Å². The molecule has 48 heavy (non-hydrogen) atoms. The number of amidine groups is 1. The summed E-state index contributed by atoms with van der Waals surface area (Å²) in [6.45, 7) is 3.94. The van der Waals surface area contributed by atoms with E-state index in [9.17, 15) is 0 Å². The van der Waals surface area contributed by atoms with Gasteiger partial charge in [0.05, 0.1) is 14.2 Å². The molecule has 1 heterocycles. The van der Waals surface area contributed by atoms with E-state index < -0.39 is 28.4 Å². The molecule has 4 aromatic carbocycles. The van der Waals surface area contributed by atoms with Crippen LogP contribution in [0.15, 0.2) is 102 Å². The molecule has 1 fully saturated rings. The molecule has 0 saturated heterocycles. The van der Waals surface area contributed by atoms with Crippen molar-refractivity contribution in [1.29, 1.82) is 0 Å². The maximum atomic E-state index is 16.7. The Morgan fingerprint density at radius 3 is 1.85 bits per heavy atom. The van der Waals surface area contributed by atoms with Gasteiger partial charge in [0.15, 0.2) is 0 Å². The topological polar surface area (TPSA) is 64.1 Å². The molecule has 0 bridgehead atoms. The van der Waals surface area contributed by atoms with Crippen molar-refractivity contribution < 1.29 is 27.4 Å². The molecule has 0 radical (unpaired) electrons. The summed E-state index contributed by atoms with van der Waals surface area (Å²) in [5.41, 5.74) is -2.99. The molecule has 6 rings (SSSR count). The van der Waals surface area contributed by atoms with Gasteiger partial charge in [-0.3, -0.25) is 0 Å². The van der Waals surface area contributed by atoms with Crippen LogP contribution in [-0.4, -0.2) is 37.7 Å². The lowest BCUT2D eigenvalue weighted by molar-refractivity contribution is -0.217. The van der Waals surface area contributed by atoms with E-state index in [2.05, 4.69) is 15.6 Å². The van der Waals surface area contributed by atoms with Crippen molar-refractivity contribution in [2.45, 2.75) is 75.1 Å². The third kappa shape index (κ3) is 5.73. The standard InChI is InChI=1S/C39H42F3N3O3/c1-36(2)39(41,42)37(3,33-25-30(19-24-34(33)40)43-29-13-9-10-14-29)48-35(44-36)45-38(26-11-7-6-8-12-26,27-15-20-31(46-4)21-16-27)28-17-22-32(47-5)23-18-28/h6-8,11-12,15-25,29,43H,9-10,13-14H2,1-5H3,(H,44,45)/t37-/m1/s1. The predicted octanol–water partition coefficient (Wildman–Crippen LogP) is 8.79. The number of methoxy groups -OCH3 is 2. The zero-order chi connectivity index (χ0) is 34.2. The van der Waals surface area contributed by atoms with Crippen molar-refractivity contribution in [3.63, 3.8) is 0 Å². The van der Waals surface area contributed by atoms with Crippen LogP contribution in [0.1, 0.15) is 68.7 Å². The van der Waals surface area contributed by atoms with E-state index in [1.165, 1.54) is 32.9 Å². The first-order valence-corrected chi connectivity index (χ1v) is 16.3. The van der Waals surface area contributed by atoms with E-state index in [0.717, 1.165) is 42.4 Å². The Morgan fingerprint density at radius 1 is 0.771 bits per heavy atom. The van der Waals surface area contributed by atoms with Gasteiger partial charge in [-0.15, -0.1) is 0 Å². The van der Waals surface area contributed by atoms with E-state index in [1.54, 1.807) is 20.3 Å². The van der Waals surface area contributed by atoms with Crippen LogP contribution in [-0.2, 0) is 15.9 Å². The fourth-order valence-corrected chi connectivity index (χ4v) is 7.00. The Labute approximate surface area is 280 Å². The molecule has 0 amide bonds. The second-order valence-corrected chi connectivity index (χ2v) is 13.2. The number of rotatable bonds is 9. The molecule has 1 atom stereocenters. The normalized spacial score (nSPS) is 20.4. The summed E-state index contributed by atoms with van der Waals surface area (Å²) < 4.78 is 66.4. The van der Waals surface area contributed by atoms with Gasteiger partial charge < -0.3 is 24.8 Å². The molecule has 6 nitrogen and oxygen atoms in total. The fraction of sp³-hybridized carbons (Fsp3) is 0.359. The Kier molecular flexibility index (Phi) is 8.83. The number of ether oxygens (including phenoxy) is 3. The Bertz CT molecular complexity index is 1710. The second kappa shape index (κ2) is 12.7. The predicted molar refractivity (Wildman–Crippen MR) is 183 cm³/mol. The minimum absolute atomic E-state index is 0.155. The zero-order valence-electron chi connectivity index (χ0n) is 27.9. The van der Waals surface area contributed by atoms with Crippen LogP contribution in [0.3, 0.4) is 0 Å². The molecule has 0 aromatic heterocycles. The molecule has 1 saturated carbocycles. The third-order valence-electron chi connectivity index (χ3n) is 9.80. The second-order valence-electron chi connectivity index (χ2n) is 13.2. The van der Waals surface area contributed by atoms with Gasteiger partial charge in [0.25, 0.3) is 6.02 Å². The van der Waals surface area contributed by atoms with Gasteiger partial charge >= 0.3 is 5.92 Å². The van der Waals surface area contributed by atoms with Gasteiger partial charge in [-0.2, -0.15) is 8.78 Å². The molecular weight excluding hydrogens is 615 g/mol. The first kappa shape index (κ1) is 33.2. The van der Waals surface area contributed by atoms with E-state index in [1.807, 2.05) is 78.9 Å². The quantitative estimate of drug-likeness (QED) is 0.176. The van der Waals surface area contributed by atoms with E-state index >= 15 is 13.2 Å². The third-order valence-corrected chi connectivity index (χ3v) is 9.80. The van der Waals surface area contributed by atoms with Crippen LogP contribution in [0.2, 0.25) is 0 Å². The largest absolute Gasteiger partial charge is 0.497 e. The van der Waals surface area contributed by atoms with Crippen molar-refractivity contribution >= 4 is 11.7 Å². The fourth-order valence-electron chi connectivity index (χ4n) is 7.00. The van der Waals surface area contributed by atoms with Crippen LogP contribution in [0, 0.1) is 5.82 Å². The molecular formula is C39H42F3N3O3. The molecule has 0 unspecified atom stereocenters. The average molecular weight is 658 g/mol. The van der Waals surface area contributed by atoms with E-state index in [0.29, 0.717) is 17.2 Å². The Balaban J connectivity index is 1.52. The van der Waals surface area contributed by atoms with Gasteiger partial charge in [0.1, 0.15) is 28.4 Å². The van der Waals surface area contributed by atoms with Crippen molar-refractivity contribution in [2.75, 3.05) is 19.5 Å².